The summed E-state index contributed by atoms with van der Waals surface area (Å²) in [6.45, 7) is 5.81. The highest BCUT2D eigenvalue weighted by Crippen LogP contribution is 2.50. The summed E-state index contributed by atoms with van der Waals surface area (Å²) in [4.78, 5) is 25.9. The topological polar surface area (TPSA) is 91.9 Å². The molecule has 178 valence electrons. The van der Waals surface area contributed by atoms with Crippen molar-refractivity contribution in [2.24, 2.45) is 0 Å². The molecule has 0 radical (unpaired) electrons. The summed E-state index contributed by atoms with van der Waals surface area (Å²) >= 11 is 0. The van der Waals surface area contributed by atoms with Crippen molar-refractivity contribution in [3.8, 4) is 17.1 Å². The van der Waals surface area contributed by atoms with Crippen LogP contribution in [0.5, 0.6) is 5.88 Å². The Hall–Kier alpha value is -3.94. The van der Waals surface area contributed by atoms with Crippen LogP contribution < -0.4 is 15.4 Å². The van der Waals surface area contributed by atoms with Crippen LogP contribution in [-0.4, -0.2) is 33.0 Å². The molecular weight excluding hydrogens is 445 g/mol. The van der Waals surface area contributed by atoms with E-state index in [1.807, 2.05) is 39.0 Å². The predicted octanol–water partition coefficient (Wildman–Crippen LogP) is 5.46. The van der Waals surface area contributed by atoms with Gasteiger partial charge in [0.15, 0.2) is 0 Å². The normalized spacial score (nSPS) is 18.3. The van der Waals surface area contributed by atoms with Crippen molar-refractivity contribution in [2.75, 3.05) is 5.32 Å². The maximum atomic E-state index is 14.6. The summed E-state index contributed by atoms with van der Waals surface area (Å²) in [6.07, 6.45) is 3.13. The molecule has 3 aromatic heterocycles. The Bertz CT molecular complexity index is 1480. The number of hydrogen-bond acceptors (Lipinski definition) is 5. The van der Waals surface area contributed by atoms with Gasteiger partial charge < -0.3 is 20.4 Å². The quantitative estimate of drug-likeness (QED) is 0.348. The number of aromatic amines is 1. The Morgan fingerprint density at radius 1 is 1.23 bits per heavy atom. The van der Waals surface area contributed by atoms with Crippen LogP contribution in [0.4, 0.5) is 15.8 Å². The van der Waals surface area contributed by atoms with E-state index in [2.05, 4.69) is 20.6 Å². The molecule has 35 heavy (non-hydrogen) atoms. The van der Waals surface area contributed by atoms with E-state index in [0.29, 0.717) is 45.8 Å². The van der Waals surface area contributed by atoms with Crippen LogP contribution in [0.3, 0.4) is 0 Å². The highest BCUT2D eigenvalue weighted by Gasteiger charge is 2.48. The zero-order chi connectivity index (χ0) is 24.3. The fourth-order valence-electron chi connectivity index (χ4n) is 4.96. The summed E-state index contributed by atoms with van der Waals surface area (Å²) in [5.41, 5.74) is 6.20. The molecule has 0 bridgehead atoms. The number of fused-ring (bicyclic) bond motifs is 4. The van der Waals surface area contributed by atoms with E-state index >= 15 is 0 Å². The lowest BCUT2D eigenvalue weighted by Gasteiger charge is -2.17. The highest BCUT2D eigenvalue weighted by atomic mass is 19.1. The van der Waals surface area contributed by atoms with Crippen molar-refractivity contribution in [1.29, 1.82) is 0 Å². The molecular formula is C27H26FN5O2. The van der Waals surface area contributed by atoms with E-state index < -0.39 is 0 Å². The van der Waals surface area contributed by atoms with E-state index in [0.717, 1.165) is 23.4 Å². The molecule has 1 aliphatic carbocycles. The van der Waals surface area contributed by atoms with Gasteiger partial charge in [0.25, 0.3) is 5.91 Å². The van der Waals surface area contributed by atoms with E-state index in [1.165, 1.54) is 6.07 Å². The van der Waals surface area contributed by atoms with Gasteiger partial charge in [0.1, 0.15) is 11.3 Å². The average molecular weight is 472 g/mol. The molecule has 1 saturated carbocycles. The zero-order valence-corrected chi connectivity index (χ0v) is 19.8. The van der Waals surface area contributed by atoms with Crippen molar-refractivity contribution in [3.63, 3.8) is 0 Å². The molecule has 4 aromatic rings. The minimum atomic E-state index is -0.276. The molecule has 1 aromatic carbocycles. The number of benzene rings is 1. The van der Waals surface area contributed by atoms with Crippen molar-refractivity contribution in [1.82, 2.24) is 20.3 Å². The molecule has 6 rings (SSSR count). The third-order valence-corrected chi connectivity index (χ3v) is 6.65. The lowest BCUT2D eigenvalue weighted by molar-refractivity contribution is 0.0944. The summed E-state index contributed by atoms with van der Waals surface area (Å²) < 4.78 is 20.4. The Kier molecular flexibility index (Phi) is 4.98. The summed E-state index contributed by atoms with van der Waals surface area (Å²) in [5, 5.41) is 6.50. The molecule has 7 nitrogen and oxygen atoms in total. The fraction of sp³-hybridized carbons (Fsp3) is 0.296. The molecule has 4 heterocycles. The van der Waals surface area contributed by atoms with Crippen molar-refractivity contribution >= 4 is 28.3 Å². The van der Waals surface area contributed by atoms with E-state index in [4.69, 9.17) is 9.72 Å². The maximum absolute atomic E-state index is 14.6. The van der Waals surface area contributed by atoms with Gasteiger partial charge in [-0.05, 0) is 51.0 Å². The fourth-order valence-corrected chi connectivity index (χ4v) is 4.96. The molecule has 8 heteroatoms. The van der Waals surface area contributed by atoms with Gasteiger partial charge in [-0.15, -0.1) is 0 Å². The first kappa shape index (κ1) is 21.6. The minimum absolute atomic E-state index is 0.0222. The van der Waals surface area contributed by atoms with Crippen molar-refractivity contribution in [3.05, 3.63) is 65.2 Å². The minimum Gasteiger partial charge on any atom is -0.475 e. The Balaban J connectivity index is 1.57. The smallest absolute Gasteiger partial charge is 0.255 e. The summed E-state index contributed by atoms with van der Waals surface area (Å²) in [6, 6.07) is 10.7. The Morgan fingerprint density at radius 3 is 2.89 bits per heavy atom. The average Bonchev–Trinajstić information content (AvgIpc) is 3.50. The second-order valence-electron chi connectivity index (χ2n) is 9.37. The van der Waals surface area contributed by atoms with Gasteiger partial charge in [-0.25, -0.2) is 9.37 Å². The second-order valence-corrected chi connectivity index (χ2v) is 9.37. The standard InChI is InChI=1S/C27H26FN5O2/c1-4-14-17(28)6-5-7-18(14)30-26-22-24(16-12-20(16)31-27(22)34)33-25(26)15-10-11-29-19-8-9-21(32-23(15)19)35-13(2)3/h5-11,13,16,20,30,33H,4,12H2,1-3H3,(H,31,34). The molecule has 0 saturated heterocycles. The highest BCUT2D eigenvalue weighted by molar-refractivity contribution is 6.09. The van der Waals surface area contributed by atoms with Gasteiger partial charge >= 0.3 is 0 Å². The molecule has 0 spiro atoms. The van der Waals surface area contributed by atoms with Crippen LogP contribution in [0.25, 0.3) is 22.3 Å². The SMILES string of the molecule is CCc1c(F)cccc1Nc1c(-c2ccnc3ccc(OC(C)C)nc23)[nH]c2c1C(=O)NC1CC21. The van der Waals surface area contributed by atoms with Crippen LogP contribution in [-0.2, 0) is 6.42 Å². The van der Waals surface area contributed by atoms with Gasteiger partial charge in [-0.2, -0.15) is 0 Å². The number of aromatic nitrogens is 3. The maximum Gasteiger partial charge on any atom is 0.255 e. The zero-order valence-electron chi connectivity index (χ0n) is 19.8. The van der Waals surface area contributed by atoms with Crippen LogP contribution in [0.15, 0.2) is 42.6 Å². The Morgan fingerprint density at radius 2 is 2.09 bits per heavy atom. The summed E-state index contributed by atoms with van der Waals surface area (Å²) in [7, 11) is 0. The van der Waals surface area contributed by atoms with Gasteiger partial charge in [-0.1, -0.05) is 13.0 Å². The lowest BCUT2D eigenvalue weighted by atomic mass is 10.0. The van der Waals surface area contributed by atoms with Crippen LogP contribution in [0, 0.1) is 5.82 Å². The molecule has 1 aliphatic heterocycles. The third-order valence-electron chi connectivity index (χ3n) is 6.65. The molecule has 2 atom stereocenters. The van der Waals surface area contributed by atoms with Crippen molar-refractivity contribution < 1.29 is 13.9 Å². The number of hydrogen-bond donors (Lipinski definition) is 3. The number of nitrogens with one attached hydrogen (secondary N) is 3. The van der Waals surface area contributed by atoms with E-state index in [9.17, 15) is 9.18 Å². The first-order chi connectivity index (χ1) is 16.9. The number of anilines is 2. The first-order valence-corrected chi connectivity index (χ1v) is 12.0. The van der Waals surface area contributed by atoms with Gasteiger partial charge in [-0.3, -0.25) is 9.78 Å². The molecule has 1 amide bonds. The molecule has 1 fully saturated rings. The summed E-state index contributed by atoms with van der Waals surface area (Å²) in [5.74, 6) is 0.344. The number of H-pyrrole nitrogens is 1. The molecule has 3 N–H and O–H groups in total. The second kappa shape index (κ2) is 8.08. The van der Waals surface area contributed by atoms with Gasteiger partial charge in [0, 0.05) is 46.7 Å². The predicted molar refractivity (Wildman–Crippen MR) is 133 cm³/mol. The third kappa shape index (κ3) is 3.60. The molecule has 2 unspecified atom stereocenters. The van der Waals surface area contributed by atoms with Gasteiger partial charge in [0.2, 0.25) is 5.88 Å². The monoisotopic (exact) mass is 471 g/mol. The number of rotatable bonds is 6. The lowest BCUT2D eigenvalue weighted by Crippen LogP contribution is -2.31. The molecule has 2 aliphatic rings. The number of ether oxygens (including phenoxy) is 1. The Labute approximate surface area is 202 Å². The largest absolute Gasteiger partial charge is 0.475 e. The number of nitrogens with zero attached hydrogens (tertiary/aromatic N) is 2. The number of pyridine rings is 2. The first-order valence-electron chi connectivity index (χ1n) is 12.0. The van der Waals surface area contributed by atoms with E-state index in [-0.39, 0.29) is 29.8 Å². The number of carbonyl (C=O) groups excluding carboxylic acids is 1. The van der Waals surface area contributed by atoms with Gasteiger partial charge in [0.05, 0.1) is 28.6 Å². The number of halogens is 1. The number of carbonyl (C=O) groups is 1. The van der Waals surface area contributed by atoms with Crippen LogP contribution in [0.2, 0.25) is 0 Å². The van der Waals surface area contributed by atoms with Crippen LogP contribution >= 0.6 is 0 Å². The van der Waals surface area contributed by atoms with E-state index in [1.54, 1.807) is 18.3 Å². The number of amides is 1. The van der Waals surface area contributed by atoms with Crippen LogP contribution in [0.1, 0.15) is 54.7 Å². The van der Waals surface area contributed by atoms with Crippen molar-refractivity contribution in [2.45, 2.75) is 51.7 Å².